The van der Waals surface area contributed by atoms with Crippen molar-refractivity contribution in [1.82, 2.24) is 20.5 Å². The van der Waals surface area contributed by atoms with Gasteiger partial charge in [0.05, 0.1) is 18.2 Å². The van der Waals surface area contributed by atoms with Crippen molar-refractivity contribution in [2.24, 2.45) is 5.92 Å². The summed E-state index contributed by atoms with van der Waals surface area (Å²) in [5, 5.41) is 6.93. The summed E-state index contributed by atoms with van der Waals surface area (Å²) in [5.41, 5.74) is 0.986. The lowest BCUT2D eigenvalue weighted by Crippen LogP contribution is -2.51. The number of hydrogen-bond acceptors (Lipinski definition) is 4. The number of nitrogens with one attached hydrogen (secondary N) is 2. The topological polar surface area (TPSA) is 57.3 Å². The van der Waals surface area contributed by atoms with Crippen LogP contribution in [-0.4, -0.2) is 47.5 Å². The van der Waals surface area contributed by atoms with Gasteiger partial charge in [-0.05, 0) is 70.8 Å². The zero-order valence-electron chi connectivity index (χ0n) is 14.7. The second-order valence-electron chi connectivity index (χ2n) is 7.11. The molecule has 0 radical (unpaired) electrons. The first kappa shape index (κ1) is 17.4. The Balaban J connectivity index is 1.78. The van der Waals surface area contributed by atoms with Gasteiger partial charge in [0.1, 0.15) is 0 Å². The van der Waals surface area contributed by atoms with Crippen molar-refractivity contribution >= 4 is 5.91 Å². The van der Waals surface area contributed by atoms with Crippen molar-refractivity contribution in [2.45, 2.75) is 57.7 Å². The fourth-order valence-electron chi connectivity index (χ4n) is 3.96. The number of carbonyl (C=O) groups excluding carboxylic acids is 1. The molecule has 0 saturated carbocycles. The largest absolute Gasteiger partial charge is 0.333 e. The Labute approximate surface area is 145 Å². The number of pyridine rings is 1. The Hall–Kier alpha value is -1.46. The van der Waals surface area contributed by atoms with Gasteiger partial charge in [0.15, 0.2) is 0 Å². The average Bonchev–Trinajstić information content (AvgIpc) is 2.90. The standard InChI is InChI=1S/C19H30N4O/c1-15-18(8-5-12-21-15)19(24)23(14-16-6-2-3-11-22-16)17-7-4-10-20-13-9-17/h2-3,6,11,15,17-18,20-21H,4-5,7-10,12-14H2,1H3. The molecular weight excluding hydrogens is 300 g/mol. The number of carbonyl (C=O) groups is 1. The molecule has 2 aliphatic heterocycles. The van der Waals surface area contributed by atoms with E-state index in [1.165, 1.54) is 0 Å². The third-order valence-corrected chi connectivity index (χ3v) is 5.41. The number of rotatable bonds is 4. The van der Waals surface area contributed by atoms with E-state index in [1.54, 1.807) is 0 Å². The lowest BCUT2D eigenvalue weighted by molar-refractivity contribution is -0.140. The fourth-order valence-corrected chi connectivity index (χ4v) is 3.96. The summed E-state index contributed by atoms with van der Waals surface area (Å²) < 4.78 is 0. The summed E-state index contributed by atoms with van der Waals surface area (Å²) in [6, 6.07) is 6.55. The second kappa shape index (κ2) is 8.58. The van der Waals surface area contributed by atoms with E-state index in [0.29, 0.717) is 18.5 Å². The van der Waals surface area contributed by atoms with Gasteiger partial charge in [-0.15, -0.1) is 0 Å². The number of piperidine rings is 1. The monoisotopic (exact) mass is 330 g/mol. The van der Waals surface area contributed by atoms with Crippen LogP contribution < -0.4 is 10.6 Å². The summed E-state index contributed by atoms with van der Waals surface area (Å²) in [4.78, 5) is 19.9. The summed E-state index contributed by atoms with van der Waals surface area (Å²) >= 11 is 0. The molecule has 2 aliphatic rings. The Bertz CT molecular complexity index is 513. The van der Waals surface area contributed by atoms with E-state index in [2.05, 4.69) is 27.4 Å². The molecule has 2 fully saturated rings. The molecule has 0 spiro atoms. The van der Waals surface area contributed by atoms with Crippen molar-refractivity contribution in [1.29, 1.82) is 0 Å². The number of aromatic nitrogens is 1. The van der Waals surface area contributed by atoms with Gasteiger partial charge in [0.2, 0.25) is 5.91 Å². The Morgan fingerprint density at radius 1 is 1.21 bits per heavy atom. The van der Waals surface area contributed by atoms with E-state index in [1.807, 2.05) is 24.4 Å². The van der Waals surface area contributed by atoms with E-state index in [4.69, 9.17) is 0 Å². The van der Waals surface area contributed by atoms with E-state index >= 15 is 0 Å². The maximum Gasteiger partial charge on any atom is 0.227 e. The van der Waals surface area contributed by atoms with Gasteiger partial charge in [0, 0.05) is 18.3 Å². The Morgan fingerprint density at radius 2 is 2.08 bits per heavy atom. The molecule has 3 atom stereocenters. The van der Waals surface area contributed by atoms with E-state index < -0.39 is 0 Å². The lowest BCUT2D eigenvalue weighted by Gasteiger charge is -2.37. The van der Waals surface area contributed by atoms with Gasteiger partial charge in [-0.25, -0.2) is 0 Å². The highest BCUT2D eigenvalue weighted by Crippen LogP contribution is 2.24. The van der Waals surface area contributed by atoms with Gasteiger partial charge in [-0.2, -0.15) is 0 Å². The number of hydrogen-bond donors (Lipinski definition) is 2. The predicted octanol–water partition coefficient (Wildman–Crippen LogP) is 1.94. The molecule has 2 saturated heterocycles. The van der Waals surface area contributed by atoms with E-state index in [9.17, 15) is 4.79 Å². The minimum absolute atomic E-state index is 0.0960. The summed E-state index contributed by atoms with van der Waals surface area (Å²) in [5.74, 6) is 0.408. The van der Waals surface area contributed by atoms with Crippen molar-refractivity contribution in [2.75, 3.05) is 19.6 Å². The summed E-state index contributed by atoms with van der Waals surface area (Å²) in [6.45, 7) is 5.86. The molecule has 5 nitrogen and oxygen atoms in total. The lowest BCUT2D eigenvalue weighted by atomic mass is 9.89. The first-order valence-electron chi connectivity index (χ1n) is 9.40. The Morgan fingerprint density at radius 3 is 2.88 bits per heavy atom. The maximum atomic E-state index is 13.4. The number of amides is 1. The zero-order chi connectivity index (χ0) is 16.8. The molecule has 0 bridgehead atoms. The first-order chi connectivity index (χ1) is 11.8. The molecule has 3 rings (SSSR count). The van der Waals surface area contributed by atoms with Crippen LogP contribution in [0.2, 0.25) is 0 Å². The van der Waals surface area contributed by atoms with Crippen LogP contribution in [0.4, 0.5) is 0 Å². The predicted molar refractivity (Wildman–Crippen MR) is 95.5 cm³/mol. The van der Waals surface area contributed by atoms with Crippen LogP contribution in [0.1, 0.15) is 44.7 Å². The average molecular weight is 330 g/mol. The van der Waals surface area contributed by atoms with Crippen LogP contribution in [0.3, 0.4) is 0 Å². The fraction of sp³-hybridized carbons (Fsp3) is 0.684. The van der Waals surface area contributed by atoms with Gasteiger partial charge in [-0.1, -0.05) is 6.07 Å². The minimum Gasteiger partial charge on any atom is -0.333 e. The molecule has 1 amide bonds. The Kier molecular flexibility index (Phi) is 6.21. The highest BCUT2D eigenvalue weighted by atomic mass is 16.2. The highest BCUT2D eigenvalue weighted by molar-refractivity contribution is 5.80. The van der Waals surface area contributed by atoms with Crippen LogP contribution in [-0.2, 0) is 11.3 Å². The summed E-state index contributed by atoms with van der Waals surface area (Å²) in [6.07, 6.45) is 7.15. The smallest absolute Gasteiger partial charge is 0.227 e. The molecule has 132 valence electrons. The maximum absolute atomic E-state index is 13.4. The molecule has 1 aromatic heterocycles. The molecule has 0 aliphatic carbocycles. The molecule has 5 heteroatoms. The van der Waals surface area contributed by atoms with Crippen LogP contribution in [0, 0.1) is 5.92 Å². The van der Waals surface area contributed by atoms with E-state index in [-0.39, 0.29) is 12.0 Å². The number of nitrogens with zero attached hydrogens (tertiary/aromatic N) is 2. The SMILES string of the molecule is CC1NCCCC1C(=O)N(Cc1ccccn1)C1CCCNCC1. The van der Waals surface area contributed by atoms with Gasteiger partial charge < -0.3 is 15.5 Å². The van der Waals surface area contributed by atoms with Crippen LogP contribution in [0.5, 0.6) is 0 Å². The van der Waals surface area contributed by atoms with E-state index in [0.717, 1.165) is 57.4 Å². The molecule has 2 N–H and O–H groups in total. The third-order valence-electron chi connectivity index (χ3n) is 5.41. The molecule has 0 aromatic carbocycles. The van der Waals surface area contributed by atoms with Crippen LogP contribution in [0.25, 0.3) is 0 Å². The van der Waals surface area contributed by atoms with Crippen molar-refractivity contribution in [3.63, 3.8) is 0 Å². The first-order valence-corrected chi connectivity index (χ1v) is 9.40. The van der Waals surface area contributed by atoms with Crippen molar-refractivity contribution in [3.05, 3.63) is 30.1 Å². The minimum atomic E-state index is 0.0960. The molecule has 3 unspecified atom stereocenters. The molecule has 1 aromatic rings. The van der Waals surface area contributed by atoms with Gasteiger partial charge >= 0.3 is 0 Å². The van der Waals surface area contributed by atoms with Crippen molar-refractivity contribution < 1.29 is 4.79 Å². The highest BCUT2D eigenvalue weighted by Gasteiger charge is 2.34. The zero-order valence-corrected chi connectivity index (χ0v) is 14.7. The van der Waals surface area contributed by atoms with Crippen LogP contribution in [0.15, 0.2) is 24.4 Å². The quantitative estimate of drug-likeness (QED) is 0.886. The molecular formula is C19H30N4O. The normalized spacial score (nSPS) is 28.1. The third kappa shape index (κ3) is 4.33. The second-order valence-corrected chi connectivity index (χ2v) is 7.11. The van der Waals surface area contributed by atoms with Crippen LogP contribution >= 0.6 is 0 Å². The molecule has 24 heavy (non-hydrogen) atoms. The van der Waals surface area contributed by atoms with Gasteiger partial charge in [0.25, 0.3) is 0 Å². The molecule has 3 heterocycles. The van der Waals surface area contributed by atoms with Crippen molar-refractivity contribution in [3.8, 4) is 0 Å². The van der Waals surface area contributed by atoms with Gasteiger partial charge in [-0.3, -0.25) is 9.78 Å². The summed E-state index contributed by atoms with van der Waals surface area (Å²) in [7, 11) is 0.